The smallest absolute Gasteiger partial charge is 0.157 e. The van der Waals surface area contributed by atoms with Crippen LogP contribution in [0.5, 0.6) is 0 Å². The summed E-state index contributed by atoms with van der Waals surface area (Å²) in [6.45, 7) is 5.25. The van der Waals surface area contributed by atoms with Gasteiger partial charge in [-0.2, -0.15) is 0 Å². The summed E-state index contributed by atoms with van der Waals surface area (Å²) in [5, 5.41) is 8.30. The predicted molar refractivity (Wildman–Crippen MR) is 125 cm³/mol. The van der Waals surface area contributed by atoms with Gasteiger partial charge in [0.05, 0.1) is 6.04 Å². The molecule has 5 aliphatic carbocycles. The highest BCUT2D eigenvalue weighted by Crippen LogP contribution is 2.67. The standard InChI is InChI=1S/C28H39NO/c1-27-13-11-21(30)16-20(27)7-8-22-24-10-9-23(28(24,2)14-12-25(22)27)19-15-18-5-3-4-6-26(18)29-17-19/h3-5,7,17,19,21-26,30H,6,8-16H2,1-2H3/p+1/t19?,21?,22?,23?,24?,25?,26?,27-,28+/m0/s1. The van der Waals surface area contributed by atoms with Gasteiger partial charge in [0.15, 0.2) is 6.10 Å². The second-order valence-electron chi connectivity index (χ2n) is 12.0. The lowest BCUT2D eigenvalue weighted by molar-refractivity contribution is -0.0538. The molecule has 0 aromatic carbocycles. The van der Waals surface area contributed by atoms with Crippen LogP contribution < -0.4 is 0 Å². The molecule has 162 valence electrons. The molecule has 3 fully saturated rings. The van der Waals surface area contributed by atoms with Crippen molar-refractivity contribution < 1.29 is 5.11 Å². The van der Waals surface area contributed by atoms with Gasteiger partial charge in [-0.25, -0.2) is 0 Å². The number of hydrogen-bond acceptors (Lipinski definition) is 1. The Kier molecular flexibility index (Phi) is 4.51. The van der Waals surface area contributed by atoms with E-state index in [0.717, 1.165) is 42.9 Å². The maximum atomic E-state index is 8.30. The Morgan fingerprint density at radius 2 is 1.83 bits per heavy atom. The molecule has 0 saturated heterocycles. The SMILES string of the molecule is C[C@]12CCC3C(CC=C4CC([OH2+])CC[C@@]43C)C1CCC2C1C=NC2CC=CC=C2C1. The van der Waals surface area contributed by atoms with Crippen molar-refractivity contribution >= 4 is 6.21 Å². The third kappa shape index (κ3) is 2.74. The molecule has 2 N–H and O–H groups in total. The quantitative estimate of drug-likeness (QED) is 0.378. The Morgan fingerprint density at radius 3 is 2.73 bits per heavy atom. The predicted octanol–water partition coefficient (Wildman–Crippen LogP) is 6.00. The van der Waals surface area contributed by atoms with E-state index >= 15 is 0 Å². The molecule has 7 unspecified atom stereocenters. The molecule has 1 heterocycles. The Hall–Kier alpha value is -1.15. The Bertz CT molecular complexity index is 836. The van der Waals surface area contributed by atoms with Gasteiger partial charge >= 0.3 is 0 Å². The minimum absolute atomic E-state index is 0.156. The first-order valence-electron chi connectivity index (χ1n) is 12.8. The first kappa shape index (κ1) is 19.5. The number of hydrogen-bond donors (Lipinski definition) is 0. The Labute approximate surface area is 182 Å². The zero-order valence-electron chi connectivity index (χ0n) is 18.9. The van der Waals surface area contributed by atoms with Crippen molar-refractivity contribution in [2.24, 2.45) is 45.4 Å². The number of allylic oxidation sites excluding steroid dienone is 3. The maximum absolute atomic E-state index is 8.30. The molecule has 3 saturated carbocycles. The molecule has 0 aromatic heterocycles. The van der Waals surface area contributed by atoms with Crippen LogP contribution in [0.25, 0.3) is 0 Å². The summed E-state index contributed by atoms with van der Waals surface area (Å²) in [7, 11) is 0. The van der Waals surface area contributed by atoms with Gasteiger partial charge in [0.2, 0.25) is 0 Å². The van der Waals surface area contributed by atoms with Crippen LogP contribution in [-0.2, 0) is 0 Å². The lowest BCUT2D eigenvalue weighted by atomic mass is 9.47. The van der Waals surface area contributed by atoms with E-state index in [4.69, 9.17) is 10.1 Å². The van der Waals surface area contributed by atoms with Crippen LogP contribution in [0, 0.1) is 40.4 Å². The highest BCUT2D eigenvalue weighted by Gasteiger charge is 2.59. The molecule has 0 bridgehead atoms. The monoisotopic (exact) mass is 406 g/mol. The number of fused-ring (bicyclic) bond motifs is 6. The minimum atomic E-state index is 0.156. The summed E-state index contributed by atoms with van der Waals surface area (Å²) >= 11 is 0. The normalized spacial score (nSPS) is 51.9. The van der Waals surface area contributed by atoms with Gasteiger partial charge < -0.3 is 5.11 Å². The van der Waals surface area contributed by atoms with E-state index in [2.05, 4.69) is 44.4 Å². The number of aliphatic imine (C=N–C) groups is 1. The van der Waals surface area contributed by atoms with Gasteiger partial charge in [0.25, 0.3) is 0 Å². The van der Waals surface area contributed by atoms with Crippen LogP contribution in [-0.4, -0.2) is 23.5 Å². The van der Waals surface area contributed by atoms with Crippen molar-refractivity contribution in [3.63, 3.8) is 0 Å². The third-order valence-corrected chi connectivity index (χ3v) is 10.9. The van der Waals surface area contributed by atoms with Gasteiger partial charge in [0, 0.05) is 25.0 Å². The zero-order valence-corrected chi connectivity index (χ0v) is 18.9. The fraction of sp³-hybridized carbons (Fsp3) is 0.750. The van der Waals surface area contributed by atoms with Gasteiger partial charge in [0.1, 0.15) is 0 Å². The van der Waals surface area contributed by atoms with Crippen LogP contribution in [0.4, 0.5) is 0 Å². The molecule has 30 heavy (non-hydrogen) atoms. The van der Waals surface area contributed by atoms with Crippen LogP contribution in [0.3, 0.4) is 0 Å². The molecular weight excluding hydrogens is 366 g/mol. The molecule has 0 spiro atoms. The van der Waals surface area contributed by atoms with Crippen molar-refractivity contribution in [3.8, 4) is 0 Å². The van der Waals surface area contributed by atoms with E-state index in [-0.39, 0.29) is 6.10 Å². The summed E-state index contributed by atoms with van der Waals surface area (Å²) < 4.78 is 0. The van der Waals surface area contributed by atoms with Crippen molar-refractivity contribution in [2.75, 3.05) is 0 Å². The Morgan fingerprint density at radius 1 is 0.967 bits per heavy atom. The molecule has 9 atom stereocenters. The Balaban J connectivity index is 1.26. The lowest BCUT2D eigenvalue weighted by Crippen LogP contribution is -2.51. The highest BCUT2D eigenvalue weighted by molar-refractivity contribution is 5.65. The second-order valence-corrected chi connectivity index (χ2v) is 12.0. The zero-order chi connectivity index (χ0) is 20.5. The van der Waals surface area contributed by atoms with E-state index in [1.807, 2.05) is 0 Å². The fourth-order valence-electron chi connectivity index (χ4n) is 9.21. The summed E-state index contributed by atoms with van der Waals surface area (Å²) in [4.78, 5) is 5.03. The average Bonchev–Trinajstić information content (AvgIpc) is 3.11. The molecule has 2 heteroatoms. The first-order chi connectivity index (χ1) is 14.5. The molecule has 6 aliphatic rings. The third-order valence-electron chi connectivity index (χ3n) is 10.9. The van der Waals surface area contributed by atoms with E-state index in [0.29, 0.717) is 22.8 Å². The van der Waals surface area contributed by atoms with Gasteiger partial charge in [-0.15, -0.1) is 0 Å². The molecule has 1 aliphatic heterocycles. The molecule has 0 radical (unpaired) electrons. The van der Waals surface area contributed by atoms with Crippen molar-refractivity contribution in [1.82, 2.24) is 0 Å². The van der Waals surface area contributed by atoms with E-state index in [1.165, 1.54) is 44.9 Å². The van der Waals surface area contributed by atoms with Gasteiger partial charge in [-0.1, -0.05) is 43.7 Å². The second kappa shape index (κ2) is 6.92. The largest absolute Gasteiger partial charge is 0.443 e. The molecule has 0 amide bonds. The van der Waals surface area contributed by atoms with E-state index in [9.17, 15) is 0 Å². The average molecular weight is 407 g/mol. The van der Waals surface area contributed by atoms with E-state index < -0.39 is 0 Å². The number of nitrogens with zero attached hydrogens (tertiary/aromatic N) is 1. The van der Waals surface area contributed by atoms with Gasteiger partial charge in [-0.05, 0) is 91.4 Å². The summed E-state index contributed by atoms with van der Waals surface area (Å²) in [5.74, 6) is 4.14. The molecular formula is C28H40NO+. The van der Waals surface area contributed by atoms with E-state index in [1.54, 1.807) is 11.1 Å². The summed E-state index contributed by atoms with van der Waals surface area (Å²) in [6.07, 6.45) is 24.8. The van der Waals surface area contributed by atoms with Crippen LogP contribution >= 0.6 is 0 Å². The van der Waals surface area contributed by atoms with Crippen molar-refractivity contribution in [2.45, 2.75) is 90.2 Å². The minimum Gasteiger partial charge on any atom is -0.443 e. The first-order valence-corrected chi connectivity index (χ1v) is 12.8. The highest BCUT2D eigenvalue weighted by atomic mass is 16.3. The number of rotatable bonds is 1. The molecule has 2 nitrogen and oxygen atoms in total. The van der Waals surface area contributed by atoms with Crippen LogP contribution in [0.2, 0.25) is 0 Å². The van der Waals surface area contributed by atoms with Crippen LogP contribution in [0.15, 0.2) is 40.4 Å². The summed E-state index contributed by atoms with van der Waals surface area (Å²) in [5.41, 5.74) is 4.16. The molecule has 6 rings (SSSR count). The van der Waals surface area contributed by atoms with Crippen LogP contribution in [0.1, 0.15) is 78.1 Å². The lowest BCUT2D eigenvalue weighted by Gasteiger charge is -2.58. The summed E-state index contributed by atoms with van der Waals surface area (Å²) in [6, 6.07) is 0.445. The van der Waals surface area contributed by atoms with Crippen molar-refractivity contribution in [3.05, 3.63) is 35.5 Å². The van der Waals surface area contributed by atoms with Gasteiger partial charge in [-0.3, -0.25) is 4.99 Å². The fourth-order valence-corrected chi connectivity index (χ4v) is 9.21. The maximum Gasteiger partial charge on any atom is 0.157 e. The topological polar surface area (TPSA) is 35.3 Å². The molecule has 0 aromatic rings. The van der Waals surface area contributed by atoms with Crippen molar-refractivity contribution in [1.29, 1.82) is 0 Å².